The van der Waals surface area contributed by atoms with Gasteiger partial charge in [0.2, 0.25) is 0 Å². The van der Waals surface area contributed by atoms with Gasteiger partial charge in [0.25, 0.3) is 0 Å². The molecule has 0 bridgehead atoms. The molecule has 2 aromatic heterocycles. The second-order valence-corrected chi connectivity index (χ2v) is 3.64. The molecule has 0 aliphatic rings. The molecule has 0 unspecified atom stereocenters. The van der Waals surface area contributed by atoms with E-state index in [0.717, 1.165) is 10.0 Å². The van der Waals surface area contributed by atoms with Gasteiger partial charge < -0.3 is 9.63 Å². The number of hydrogen-bond donors (Lipinski definition) is 1. The van der Waals surface area contributed by atoms with Gasteiger partial charge in [-0.1, -0.05) is 5.16 Å². The monoisotopic (exact) mass is 254 g/mol. The fourth-order valence-corrected chi connectivity index (χ4v) is 1.44. The molecule has 72 valence electrons. The highest BCUT2D eigenvalue weighted by molar-refractivity contribution is 9.10. The third-order valence-corrected chi connectivity index (χ3v) is 2.15. The van der Waals surface area contributed by atoms with Crippen LogP contribution in [-0.4, -0.2) is 15.2 Å². The second-order valence-electron chi connectivity index (χ2n) is 2.73. The van der Waals surface area contributed by atoms with Crippen LogP contribution >= 0.6 is 15.9 Å². The number of hydrogen-bond acceptors (Lipinski definition) is 4. The Hall–Kier alpha value is -1.20. The van der Waals surface area contributed by atoms with E-state index in [-0.39, 0.29) is 6.61 Å². The van der Waals surface area contributed by atoms with Crippen molar-refractivity contribution in [1.29, 1.82) is 0 Å². The zero-order valence-electron chi connectivity index (χ0n) is 7.14. The van der Waals surface area contributed by atoms with Crippen LogP contribution in [0, 0.1) is 0 Å². The molecule has 0 aromatic carbocycles. The Kier molecular flexibility index (Phi) is 2.60. The Morgan fingerprint density at radius 1 is 1.36 bits per heavy atom. The van der Waals surface area contributed by atoms with E-state index in [1.54, 1.807) is 18.5 Å². The Balaban J connectivity index is 2.39. The molecule has 2 heterocycles. The SMILES string of the molecule is OCc1cc(-c2cncc(Br)c2)no1. The molecule has 0 aliphatic carbocycles. The van der Waals surface area contributed by atoms with E-state index >= 15 is 0 Å². The lowest BCUT2D eigenvalue weighted by molar-refractivity contribution is 0.229. The van der Waals surface area contributed by atoms with E-state index in [4.69, 9.17) is 9.63 Å². The molecule has 14 heavy (non-hydrogen) atoms. The number of halogens is 1. The van der Waals surface area contributed by atoms with Crippen LogP contribution in [0.2, 0.25) is 0 Å². The molecule has 4 nitrogen and oxygen atoms in total. The minimum absolute atomic E-state index is 0.144. The predicted molar refractivity (Wildman–Crippen MR) is 53.4 cm³/mol. The summed E-state index contributed by atoms with van der Waals surface area (Å²) in [5, 5.41) is 12.6. The summed E-state index contributed by atoms with van der Waals surface area (Å²) >= 11 is 3.31. The van der Waals surface area contributed by atoms with Crippen LogP contribution in [0.3, 0.4) is 0 Å². The van der Waals surface area contributed by atoms with Crippen LogP contribution in [0.25, 0.3) is 11.3 Å². The van der Waals surface area contributed by atoms with Crippen molar-refractivity contribution in [3.8, 4) is 11.3 Å². The molecular weight excluding hydrogens is 248 g/mol. The van der Waals surface area contributed by atoms with Gasteiger partial charge >= 0.3 is 0 Å². The number of aliphatic hydroxyl groups is 1. The minimum Gasteiger partial charge on any atom is -0.388 e. The lowest BCUT2D eigenvalue weighted by Crippen LogP contribution is -1.79. The van der Waals surface area contributed by atoms with Gasteiger partial charge in [-0.15, -0.1) is 0 Å². The van der Waals surface area contributed by atoms with E-state index in [1.807, 2.05) is 6.07 Å². The molecule has 0 spiro atoms. The maximum absolute atomic E-state index is 8.79. The molecule has 0 fully saturated rings. The maximum Gasteiger partial charge on any atom is 0.162 e. The Morgan fingerprint density at radius 2 is 2.21 bits per heavy atom. The van der Waals surface area contributed by atoms with Gasteiger partial charge in [0.1, 0.15) is 12.3 Å². The molecule has 2 rings (SSSR count). The van der Waals surface area contributed by atoms with E-state index < -0.39 is 0 Å². The van der Waals surface area contributed by atoms with Crippen molar-refractivity contribution >= 4 is 15.9 Å². The quantitative estimate of drug-likeness (QED) is 0.891. The van der Waals surface area contributed by atoms with Crippen LogP contribution < -0.4 is 0 Å². The molecule has 0 atom stereocenters. The van der Waals surface area contributed by atoms with Crippen molar-refractivity contribution in [2.45, 2.75) is 6.61 Å². The summed E-state index contributed by atoms with van der Waals surface area (Å²) in [4.78, 5) is 4.00. The topological polar surface area (TPSA) is 59.2 Å². The molecule has 1 N–H and O–H groups in total. The molecule has 0 radical (unpaired) electrons. The fraction of sp³-hybridized carbons (Fsp3) is 0.111. The zero-order valence-corrected chi connectivity index (χ0v) is 8.73. The van der Waals surface area contributed by atoms with E-state index in [0.29, 0.717) is 11.5 Å². The Bertz CT molecular complexity index is 442. The van der Waals surface area contributed by atoms with Crippen LogP contribution in [0.4, 0.5) is 0 Å². The van der Waals surface area contributed by atoms with Crippen molar-refractivity contribution in [3.63, 3.8) is 0 Å². The van der Waals surface area contributed by atoms with Gasteiger partial charge in [-0.05, 0) is 22.0 Å². The molecule has 5 heteroatoms. The highest BCUT2D eigenvalue weighted by Gasteiger charge is 2.05. The molecule has 0 saturated carbocycles. The lowest BCUT2D eigenvalue weighted by Gasteiger charge is -1.93. The van der Waals surface area contributed by atoms with E-state index in [2.05, 4.69) is 26.1 Å². The van der Waals surface area contributed by atoms with Crippen molar-refractivity contribution in [3.05, 3.63) is 34.8 Å². The first-order valence-corrected chi connectivity index (χ1v) is 4.76. The molecule has 0 aliphatic heterocycles. The normalized spacial score (nSPS) is 10.4. The van der Waals surface area contributed by atoms with Gasteiger partial charge in [-0.2, -0.15) is 0 Å². The predicted octanol–water partition coefficient (Wildman–Crippen LogP) is 1.99. The third kappa shape index (κ3) is 1.83. The van der Waals surface area contributed by atoms with Crippen LogP contribution in [0.5, 0.6) is 0 Å². The van der Waals surface area contributed by atoms with Crippen molar-refractivity contribution in [2.24, 2.45) is 0 Å². The molecule has 0 saturated heterocycles. The zero-order chi connectivity index (χ0) is 9.97. The summed E-state index contributed by atoms with van der Waals surface area (Å²) in [6.45, 7) is -0.144. The van der Waals surface area contributed by atoms with Crippen molar-refractivity contribution in [2.75, 3.05) is 0 Å². The highest BCUT2D eigenvalue weighted by atomic mass is 79.9. The standard InChI is InChI=1S/C9H7BrN2O2/c10-7-1-6(3-11-4-7)9-2-8(5-13)14-12-9/h1-4,13H,5H2. The first kappa shape index (κ1) is 9.36. The van der Waals surface area contributed by atoms with E-state index in [9.17, 15) is 0 Å². The number of aromatic nitrogens is 2. The third-order valence-electron chi connectivity index (χ3n) is 1.72. The Labute approximate surface area is 88.7 Å². The lowest BCUT2D eigenvalue weighted by atomic mass is 10.2. The summed E-state index contributed by atoms with van der Waals surface area (Å²) in [6, 6.07) is 3.56. The van der Waals surface area contributed by atoms with Gasteiger partial charge in [0.15, 0.2) is 5.76 Å². The summed E-state index contributed by atoms with van der Waals surface area (Å²) < 4.78 is 5.74. The summed E-state index contributed by atoms with van der Waals surface area (Å²) in [5.74, 6) is 0.444. The second kappa shape index (κ2) is 3.89. The maximum atomic E-state index is 8.79. The Morgan fingerprint density at radius 3 is 2.86 bits per heavy atom. The van der Waals surface area contributed by atoms with Crippen LogP contribution in [-0.2, 0) is 6.61 Å². The van der Waals surface area contributed by atoms with Crippen LogP contribution in [0.1, 0.15) is 5.76 Å². The number of rotatable bonds is 2. The molecule has 0 amide bonds. The summed E-state index contributed by atoms with van der Waals surface area (Å²) in [5.41, 5.74) is 1.52. The average Bonchev–Trinajstić information content (AvgIpc) is 2.66. The van der Waals surface area contributed by atoms with Gasteiger partial charge in [-0.25, -0.2) is 0 Å². The van der Waals surface area contributed by atoms with Crippen molar-refractivity contribution in [1.82, 2.24) is 10.1 Å². The van der Waals surface area contributed by atoms with Crippen LogP contribution in [0.15, 0.2) is 33.5 Å². The smallest absolute Gasteiger partial charge is 0.162 e. The van der Waals surface area contributed by atoms with Gasteiger partial charge in [0, 0.05) is 28.5 Å². The van der Waals surface area contributed by atoms with Gasteiger partial charge in [0.05, 0.1) is 0 Å². The highest BCUT2D eigenvalue weighted by Crippen LogP contribution is 2.21. The number of aliphatic hydroxyl groups excluding tert-OH is 1. The summed E-state index contributed by atoms with van der Waals surface area (Å²) in [6.07, 6.45) is 3.38. The average molecular weight is 255 g/mol. The molecular formula is C9H7BrN2O2. The van der Waals surface area contributed by atoms with Crippen molar-refractivity contribution < 1.29 is 9.63 Å². The first-order valence-electron chi connectivity index (χ1n) is 3.97. The van der Waals surface area contributed by atoms with E-state index in [1.165, 1.54) is 0 Å². The minimum atomic E-state index is -0.144. The largest absolute Gasteiger partial charge is 0.388 e. The fourth-order valence-electron chi connectivity index (χ4n) is 1.08. The number of pyridine rings is 1. The number of nitrogens with zero attached hydrogens (tertiary/aromatic N) is 2. The first-order chi connectivity index (χ1) is 6.79. The molecule has 2 aromatic rings. The summed E-state index contributed by atoms with van der Waals surface area (Å²) in [7, 11) is 0. The van der Waals surface area contributed by atoms with Gasteiger partial charge in [-0.3, -0.25) is 4.98 Å².